The van der Waals surface area contributed by atoms with Gasteiger partial charge < -0.3 is 5.11 Å². The number of fused-ring (bicyclic) bond motifs is 2. The first kappa shape index (κ1) is 23.0. The molecule has 5 aromatic rings. The number of hydrogen-bond donors (Lipinski definition) is 4. The Bertz CT molecular complexity index is 1730. The van der Waals surface area contributed by atoms with Crippen molar-refractivity contribution in [2.24, 2.45) is 4.99 Å². The molecule has 37 heavy (non-hydrogen) atoms. The van der Waals surface area contributed by atoms with Crippen LogP contribution in [0.3, 0.4) is 0 Å². The number of aromatic nitrogens is 2. The van der Waals surface area contributed by atoms with Crippen LogP contribution in [0.25, 0.3) is 22.2 Å². The molecule has 0 fully saturated rings. The summed E-state index contributed by atoms with van der Waals surface area (Å²) in [6.45, 7) is 0.209. The first-order valence-corrected chi connectivity index (χ1v) is 13.1. The lowest BCUT2D eigenvalue weighted by molar-refractivity contribution is 0.475. The van der Waals surface area contributed by atoms with Gasteiger partial charge in [-0.15, -0.1) is 0 Å². The van der Waals surface area contributed by atoms with E-state index in [1.54, 1.807) is 30.5 Å². The minimum Gasteiger partial charge on any atom is -0.506 e. The van der Waals surface area contributed by atoms with Gasteiger partial charge in [-0.25, -0.2) is 9.98 Å². The molecule has 3 aromatic carbocycles. The Labute approximate surface area is 213 Å². The molecule has 8 nitrogen and oxygen atoms in total. The first-order valence-electron chi connectivity index (χ1n) is 11.5. The van der Waals surface area contributed by atoms with Crippen molar-refractivity contribution in [3.63, 3.8) is 0 Å². The highest BCUT2D eigenvalue weighted by atomic mass is 32.3. The quantitative estimate of drug-likeness (QED) is 0.253. The van der Waals surface area contributed by atoms with Crippen LogP contribution in [0, 0.1) is 0 Å². The van der Waals surface area contributed by atoms with E-state index in [2.05, 4.69) is 14.7 Å². The summed E-state index contributed by atoms with van der Waals surface area (Å²) in [6, 6.07) is 27.5. The van der Waals surface area contributed by atoms with Gasteiger partial charge in [-0.05, 0) is 41.0 Å². The van der Waals surface area contributed by atoms with Crippen LogP contribution >= 0.6 is 10.8 Å². The van der Waals surface area contributed by atoms with Crippen molar-refractivity contribution in [1.29, 1.82) is 0 Å². The summed E-state index contributed by atoms with van der Waals surface area (Å²) >= 11 is 0. The lowest BCUT2D eigenvalue weighted by Gasteiger charge is -2.38. The van der Waals surface area contributed by atoms with Crippen molar-refractivity contribution >= 4 is 33.3 Å². The molecule has 184 valence electrons. The third-order valence-corrected chi connectivity index (χ3v) is 7.68. The average molecular weight is 511 g/mol. The molecule has 0 spiro atoms. The number of amidine groups is 1. The minimum atomic E-state index is -3.58. The van der Waals surface area contributed by atoms with E-state index in [9.17, 15) is 19.0 Å². The number of pyridine rings is 2. The first-order chi connectivity index (χ1) is 17.9. The minimum absolute atomic E-state index is 0.116. The highest BCUT2D eigenvalue weighted by Crippen LogP contribution is 2.53. The standard InChI is InChI=1S/C28H22N4O4S/c33-25-21-12-7-15-29-27(21)32(17-18-8-3-1-4-9-18)28(34)24(25)26-30-22-14-13-20(19-10-5-2-6-11-19)16-23(22)37(35,36)31-26/h1-16,33,35-36H,17H2,(H,30,31). The molecule has 0 saturated carbocycles. The topological polar surface area (TPSA) is 120 Å². The molecule has 4 N–H and O–H groups in total. The summed E-state index contributed by atoms with van der Waals surface area (Å²) in [6.07, 6.45) is 1.55. The summed E-state index contributed by atoms with van der Waals surface area (Å²) in [5, 5.41) is 11.5. The van der Waals surface area contributed by atoms with Gasteiger partial charge >= 0.3 is 0 Å². The van der Waals surface area contributed by atoms with Crippen LogP contribution in [-0.2, 0) is 6.54 Å². The number of rotatable bonds is 4. The van der Waals surface area contributed by atoms with Gasteiger partial charge in [0.25, 0.3) is 5.56 Å². The monoisotopic (exact) mass is 510 g/mol. The summed E-state index contributed by atoms with van der Waals surface area (Å²) in [4.78, 5) is 22.8. The molecule has 6 rings (SSSR count). The predicted molar refractivity (Wildman–Crippen MR) is 146 cm³/mol. The summed E-state index contributed by atoms with van der Waals surface area (Å²) in [5.41, 5.74) is 2.48. The zero-order valence-corrected chi connectivity index (χ0v) is 20.3. The molecule has 0 radical (unpaired) electrons. The SMILES string of the molecule is O=c1c(C2=Nc3ccc(-c4ccccc4)cc3S(O)(O)N2)c(O)c2cccnc2n1Cc1ccccc1. The van der Waals surface area contributed by atoms with E-state index in [4.69, 9.17) is 0 Å². The average Bonchev–Trinajstić information content (AvgIpc) is 2.92. The molecule has 0 unspecified atom stereocenters. The Hall–Kier alpha value is -4.44. The Balaban J connectivity index is 1.53. The third-order valence-electron chi connectivity index (χ3n) is 6.26. The largest absolute Gasteiger partial charge is 0.506 e. The molecule has 0 aliphatic carbocycles. The molecule has 0 atom stereocenters. The van der Waals surface area contributed by atoms with Crippen molar-refractivity contribution in [3.8, 4) is 16.9 Å². The smallest absolute Gasteiger partial charge is 0.267 e. The summed E-state index contributed by atoms with van der Waals surface area (Å²) in [7, 11) is -3.58. The van der Waals surface area contributed by atoms with Crippen molar-refractivity contribution in [1.82, 2.24) is 14.3 Å². The van der Waals surface area contributed by atoms with Crippen LogP contribution < -0.4 is 10.3 Å². The lowest BCUT2D eigenvalue weighted by Crippen LogP contribution is -2.37. The van der Waals surface area contributed by atoms with E-state index in [0.29, 0.717) is 16.7 Å². The number of aromatic hydroxyl groups is 1. The lowest BCUT2D eigenvalue weighted by atomic mass is 10.1. The molecule has 0 bridgehead atoms. The molecule has 3 heterocycles. The van der Waals surface area contributed by atoms with Crippen LogP contribution in [-0.4, -0.2) is 29.6 Å². The Morgan fingerprint density at radius 2 is 1.59 bits per heavy atom. The van der Waals surface area contributed by atoms with E-state index < -0.39 is 16.3 Å². The maximum Gasteiger partial charge on any atom is 0.267 e. The highest BCUT2D eigenvalue weighted by molar-refractivity contribution is 8.23. The van der Waals surface area contributed by atoms with E-state index in [1.807, 2.05) is 66.7 Å². The number of nitrogens with zero attached hydrogens (tertiary/aromatic N) is 3. The fraction of sp³-hybridized carbons (Fsp3) is 0.0357. The van der Waals surface area contributed by atoms with Crippen LogP contribution in [0.2, 0.25) is 0 Å². The van der Waals surface area contributed by atoms with Gasteiger partial charge in [0, 0.05) is 6.20 Å². The van der Waals surface area contributed by atoms with Crippen molar-refractivity contribution < 1.29 is 14.2 Å². The maximum absolute atomic E-state index is 13.8. The van der Waals surface area contributed by atoms with Gasteiger partial charge in [-0.3, -0.25) is 23.2 Å². The molecular weight excluding hydrogens is 488 g/mol. The second-order valence-corrected chi connectivity index (χ2v) is 10.4. The molecule has 0 amide bonds. The van der Waals surface area contributed by atoms with E-state index >= 15 is 0 Å². The van der Waals surface area contributed by atoms with E-state index in [0.717, 1.165) is 16.7 Å². The predicted octanol–water partition coefficient (Wildman–Crippen LogP) is 5.52. The van der Waals surface area contributed by atoms with Crippen LogP contribution in [0.15, 0.2) is 112 Å². The number of benzene rings is 3. The summed E-state index contributed by atoms with van der Waals surface area (Å²) in [5.74, 6) is -0.446. The third kappa shape index (κ3) is 4.05. The van der Waals surface area contributed by atoms with Crippen LogP contribution in [0.5, 0.6) is 5.75 Å². The molecule has 0 saturated heterocycles. The zero-order valence-electron chi connectivity index (χ0n) is 19.4. The van der Waals surface area contributed by atoms with Gasteiger partial charge in [-0.1, -0.05) is 77.5 Å². The molecule has 9 heteroatoms. The van der Waals surface area contributed by atoms with Gasteiger partial charge in [0.1, 0.15) is 21.9 Å². The second kappa shape index (κ2) is 8.90. The van der Waals surface area contributed by atoms with Gasteiger partial charge in [0.05, 0.1) is 17.6 Å². The fourth-order valence-corrected chi connectivity index (χ4v) is 5.70. The normalized spacial score (nSPS) is 14.9. The Kier molecular flexibility index (Phi) is 5.53. The number of nitrogens with one attached hydrogen (secondary N) is 1. The second-order valence-electron chi connectivity index (χ2n) is 8.63. The number of hydrogen-bond acceptors (Lipinski definition) is 7. The van der Waals surface area contributed by atoms with Crippen molar-refractivity contribution in [3.05, 3.63) is 119 Å². The van der Waals surface area contributed by atoms with Gasteiger partial charge in [0.15, 0.2) is 5.84 Å². The van der Waals surface area contributed by atoms with Crippen molar-refractivity contribution in [2.75, 3.05) is 0 Å². The maximum atomic E-state index is 13.8. The van der Waals surface area contributed by atoms with E-state index in [1.165, 1.54) is 4.57 Å². The number of aliphatic imine (C=N–C) groups is 1. The Morgan fingerprint density at radius 3 is 2.35 bits per heavy atom. The van der Waals surface area contributed by atoms with Crippen LogP contribution in [0.1, 0.15) is 11.1 Å². The van der Waals surface area contributed by atoms with Crippen LogP contribution in [0.4, 0.5) is 5.69 Å². The summed E-state index contributed by atoms with van der Waals surface area (Å²) < 4.78 is 26.2. The molecule has 1 aliphatic heterocycles. The Morgan fingerprint density at radius 1 is 0.865 bits per heavy atom. The molecular formula is C28H22N4O4S. The van der Waals surface area contributed by atoms with E-state index in [-0.39, 0.29) is 28.6 Å². The fourth-order valence-electron chi connectivity index (χ4n) is 4.47. The van der Waals surface area contributed by atoms with Gasteiger partial charge in [0.2, 0.25) is 0 Å². The highest BCUT2D eigenvalue weighted by Gasteiger charge is 2.31. The van der Waals surface area contributed by atoms with Crippen molar-refractivity contribution in [2.45, 2.75) is 11.4 Å². The zero-order chi connectivity index (χ0) is 25.6. The molecule has 1 aliphatic rings. The van der Waals surface area contributed by atoms with Gasteiger partial charge in [-0.2, -0.15) is 0 Å². The molecule has 2 aromatic heterocycles.